The summed E-state index contributed by atoms with van der Waals surface area (Å²) in [6, 6.07) is 17.2. The van der Waals surface area contributed by atoms with Crippen molar-refractivity contribution in [1.29, 1.82) is 0 Å². The van der Waals surface area contributed by atoms with Crippen LogP contribution in [-0.4, -0.2) is 60.6 Å². The third-order valence-corrected chi connectivity index (χ3v) is 8.22. The van der Waals surface area contributed by atoms with Crippen LogP contribution in [0, 0.1) is 13.8 Å². The van der Waals surface area contributed by atoms with Gasteiger partial charge in [0.05, 0.1) is 12.1 Å². The lowest BCUT2D eigenvalue weighted by molar-refractivity contribution is -0.135. The minimum Gasteiger partial charge on any atom is -0.491 e. The van der Waals surface area contributed by atoms with E-state index < -0.39 is 0 Å². The zero-order valence-corrected chi connectivity index (χ0v) is 22.3. The van der Waals surface area contributed by atoms with E-state index in [0.717, 1.165) is 36.1 Å². The molecule has 0 unspecified atom stereocenters. The molecule has 5 rings (SSSR count). The van der Waals surface area contributed by atoms with Gasteiger partial charge in [-0.1, -0.05) is 35.9 Å². The van der Waals surface area contributed by atoms with E-state index in [1.165, 1.54) is 10.4 Å². The van der Waals surface area contributed by atoms with E-state index in [0.29, 0.717) is 31.9 Å². The Morgan fingerprint density at radius 3 is 2.73 bits per heavy atom. The van der Waals surface area contributed by atoms with Gasteiger partial charge in [0, 0.05) is 30.1 Å². The average molecular weight is 519 g/mol. The van der Waals surface area contributed by atoms with Crippen LogP contribution in [-0.2, 0) is 16.0 Å². The number of aryl methyl sites for hydroxylation is 2. The summed E-state index contributed by atoms with van der Waals surface area (Å²) >= 11 is 1.73. The molecule has 0 bridgehead atoms. The second kappa shape index (κ2) is 11.5. The van der Waals surface area contributed by atoms with Gasteiger partial charge in [-0.3, -0.25) is 9.59 Å². The smallest absolute Gasteiger partial charge is 0.254 e. The molecule has 0 radical (unpaired) electrons. The zero-order valence-electron chi connectivity index (χ0n) is 21.5. The van der Waals surface area contributed by atoms with Crippen molar-refractivity contribution < 1.29 is 19.1 Å². The number of carbonyl (C=O) groups excluding carboxylic acids is 2. The highest BCUT2D eigenvalue weighted by molar-refractivity contribution is 7.10. The summed E-state index contributed by atoms with van der Waals surface area (Å²) < 4.78 is 12.1. The van der Waals surface area contributed by atoms with Gasteiger partial charge < -0.3 is 19.3 Å². The fourth-order valence-electron chi connectivity index (χ4n) is 5.28. The number of nitrogens with zero attached hydrogens (tertiary/aromatic N) is 2. The monoisotopic (exact) mass is 518 g/mol. The van der Waals surface area contributed by atoms with Crippen LogP contribution in [0.3, 0.4) is 0 Å². The van der Waals surface area contributed by atoms with E-state index in [-0.39, 0.29) is 30.5 Å². The molecular weight excluding hydrogens is 484 g/mol. The molecule has 1 saturated heterocycles. The number of thiophene rings is 1. The number of amides is 2. The zero-order chi connectivity index (χ0) is 25.8. The SMILES string of the molecule is Cc1ccc(OC[C@H]2c3ccsc3CCN2C(=O)CN(C[C@H]2CCCO2)C(=O)c2ccccc2)c(C)c1. The molecule has 2 aliphatic heterocycles. The first-order valence-electron chi connectivity index (χ1n) is 13.0. The Hall–Kier alpha value is -3.16. The summed E-state index contributed by atoms with van der Waals surface area (Å²) in [4.78, 5) is 32.1. The van der Waals surface area contributed by atoms with E-state index in [1.807, 2.05) is 42.2 Å². The van der Waals surface area contributed by atoms with Crippen LogP contribution in [0.15, 0.2) is 60.0 Å². The molecule has 3 aromatic rings. The Balaban J connectivity index is 1.35. The topological polar surface area (TPSA) is 59.1 Å². The van der Waals surface area contributed by atoms with Crippen molar-refractivity contribution >= 4 is 23.2 Å². The number of carbonyl (C=O) groups is 2. The van der Waals surface area contributed by atoms with Crippen LogP contribution in [0.1, 0.15) is 50.8 Å². The van der Waals surface area contributed by atoms with Gasteiger partial charge in [0.2, 0.25) is 5.91 Å². The van der Waals surface area contributed by atoms with E-state index in [9.17, 15) is 9.59 Å². The highest BCUT2D eigenvalue weighted by Gasteiger charge is 2.34. The van der Waals surface area contributed by atoms with Crippen LogP contribution >= 0.6 is 11.3 Å². The van der Waals surface area contributed by atoms with Crippen molar-refractivity contribution in [1.82, 2.24) is 9.80 Å². The highest BCUT2D eigenvalue weighted by Crippen LogP contribution is 2.34. The lowest BCUT2D eigenvalue weighted by Gasteiger charge is -2.37. The molecule has 2 aromatic carbocycles. The molecule has 2 atom stereocenters. The summed E-state index contributed by atoms with van der Waals surface area (Å²) in [6.07, 6.45) is 2.67. The maximum Gasteiger partial charge on any atom is 0.254 e. The summed E-state index contributed by atoms with van der Waals surface area (Å²) in [5.41, 5.74) is 4.00. The van der Waals surface area contributed by atoms with Crippen molar-refractivity contribution in [3.8, 4) is 5.75 Å². The second-order valence-electron chi connectivity index (χ2n) is 9.92. The number of ether oxygens (including phenoxy) is 2. The van der Waals surface area contributed by atoms with Crippen LogP contribution in [0.4, 0.5) is 0 Å². The Labute approximate surface area is 222 Å². The first kappa shape index (κ1) is 25.5. The molecule has 7 heteroatoms. The maximum atomic E-state index is 13.8. The Kier molecular flexibility index (Phi) is 7.91. The quantitative estimate of drug-likeness (QED) is 0.412. The molecule has 0 N–H and O–H groups in total. The van der Waals surface area contributed by atoms with Crippen molar-refractivity contribution in [3.63, 3.8) is 0 Å². The largest absolute Gasteiger partial charge is 0.491 e. The lowest BCUT2D eigenvalue weighted by Crippen LogP contribution is -2.49. The van der Waals surface area contributed by atoms with Crippen molar-refractivity contribution in [2.75, 3.05) is 32.8 Å². The van der Waals surface area contributed by atoms with Gasteiger partial charge >= 0.3 is 0 Å². The summed E-state index contributed by atoms with van der Waals surface area (Å²) in [5.74, 6) is 0.633. The number of fused-ring (bicyclic) bond motifs is 1. The van der Waals surface area contributed by atoms with Crippen molar-refractivity contribution in [3.05, 3.63) is 87.1 Å². The first-order valence-corrected chi connectivity index (χ1v) is 13.9. The molecule has 2 aliphatic rings. The average Bonchev–Trinajstić information content (AvgIpc) is 3.60. The normalized spacial score (nSPS) is 18.9. The van der Waals surface area contributed by atoms with Crippen molar-refractivity contribution in [2.24, 2.45) is 0 Å². The minimum atomic E-state index is -0.195. The number of benzene rings is 2. The highest BCUT2D eigenvalue weighted by atomic mass is 32.1. The molecule has 37 heavy (non-hydrogen) atoms. The maximum absolute atomic E-state index is 13.8. The standard InChI is InChI=1S/C30H34N2O4S/c1-21-10-11-27(22(2)17-21)36-20-26-25-13-16-37-28(25)12-14-32(26)29(33)19-31(18-24-9-6-15-35-24)30(34)23-7-4-3-5-8-23/h3-5,7-8,10-11,13,16-17,24,26H,6,9,12,14-15,18-20H2,1-2H3/t24-,26+/m1/s1. The Bertz CT molecular complexity index is 1240. The number of hydrogen-bond donors (Lipinski definition) is 0. The van der Waals surface area contributed by atoms with E-state index in [1.54, 1.807) is 28.4 Å². The molecule has 2 amide bonds. The predicted octanol–water partition coefficient (Wildman–Crippen LogP) is 5.19. The lowest BCUT2D eigenvalue weighted by atomic mass is 10.00. The molecule has 6 nitrogen and oxygen atoms in total. The van der Waals surface area contributed by atoms with Gasteiger partial charge in [-0.25, -0.2) is 0 Å². The third kappa shape index (κ3) is 5.89. The van der Waals surface area contributed by atoms with E-state index in [2.05, 4.69) is 24.4 Å². The molecule has 1 aromatic heterocycles. The number of hydrogen-bond acceptors (Lipinski definition) is 5. The molecule has 1 fully saturated rings. The van der Waals surface area contributed by atoms with Gasteiger partial charge in [0.25, 0.3) is 5.91 Å². The molecule has 3 heterocycles. The van der Waals surface area contributed by atoms with Gasteiger partial charge in [0.1, 0.15) is 18.9 Å². The van der Waals surface area contributed by atoms with Crippen LogP contribution in [0.5, 0.6) is 5.75 Å². The number of rotatable bonds is 8. The summed E-state index contributed by atoms with van der Waals surface area (Å²) in [5, 5.41) is 2.09. The fraction of sp³-hybridized carbons (Fsp3) is 0.400. The minimum absolute atomic E-state index is 0.0209. The molecule has 194 valence electrons. The van der Waals surface area contributed by atoms with Gasteiger partial charge in [0.15, 0.2) is 0 Å². The summed E-state index contributed by atoms with van der Waals surface area (Å²) in [6.45, 7) is 6.23. The first-order chi connectivity index (χ1) is 18.0. The van der Waals surface area contributed by atoms with Gasteiger partial charge in [-0.2, -0.15) is 0 Å². The van der Waals surface area contributed by atoms with Gasteiger partial charge in [-0.05, 0) is 73.9 Å². The molecule has 0 saturated carbocycles. The van der Waals surface area contributed by atoms with E-state index >= 15 is 0 Å². The Morgan fingerprint density at radius 1 is 1.14 bits per heavy atom. The van der Waals surface area contributed by atoms with Gasteiger partial charge in [-0.15, -0.1) is 11.3 Å². The van der Waals surface area contributed by atoms with Crippen LogP contribution in [0.25, 0.3) is 0 Å². The Morgan fingerprint density at radius 2 is 1.97 bits per heavy atom. The third-order valence-electron chi connectivity index (χ3n) is 7.22. The van der Waals surface area contributed by atoms with Crippen molar-refractivity contribution in [2.45, 2.75) is 45.3 Å². The fourth-order valence-corrected chi connectivity index (χ4v) is 6.20. The predicted molar refractivity (Wildman–Crippen MR) is 145 cm³/mol. The molecular formula is C30H34N2O4S. The second-order valence-corrected chi connectivity index (χ2v) is 10.9. The summed E-state index contributed by atoms with van der Waals surface area (Å²) in [7, 11) is 0. The van der Waals surface area contributed by atoms with E-state index in [4.69, 9.17) is 9.47 Å². The molecule has 0 aliphatic carbocycles. The van der Waals surface area contributed by atoms with Crippen LogP contribution < -0.4 is 4.74 Å². The molecule has 0 spiro atoms. The van der Waals surface area contributed by atoms with Crippen LogP contribution in [0.2, 0.25) is 0 Å².